The van der Waals surface area contributed by atoms with Crippen molar-refractivity contribution in [2.45, 2.75) is 5.66 Å². The zero-order valence-electron chi connectivity index (χ0n) is 15.3. The van der Waals surface area contributed by atoms with Gasteiger partial charge in [0.1, 0.15) is 5.82 Å². The lowest BCUT2D eigenvalue weighted by atomic mass is 9.89. The quantitative estimate of drug-likeness (QED) is 0.637. The minimum Gasteiger partial charge on any atom is -0.306 e. The van der Waals surface area contributed by atoms with Crippen LogP contribution in [0.3, 0.4) is 0 Å². The van der Waals surface area contributed by atoms with Gasteiger partial charge in [-0.3, -0.25) is 9.59 Å². The van der Waals surface area contributed by atoms with Crippen molar-refractivity contribution in [2.24, 2.45) is 0 Å². The highest BCUT2D eigenvalue weighted by atomic mass is 35.5. The van der Waals surface area contributed by atoms with Gasteiger partial charge in [-0.05, 0) is 42.5 Å². The Morgan fingerprint density at radius 2 is 1.62 bits per heavy atom. The number of hydrogen-bond donors (Lipinski definition) is 0. The van der Waals surface area contributed by atoms with Gasteiger partial charge < -0.3 is 9.80 Å². The normalized spacial score (nSPS) is 20.0. The zero-order chi connectivity index (χ0) is 20.2. The maximum Gasteiger partial charge on any atom is 0.256 e. The van der Waals surface area contributed by atoms with Gasteiger partial charge in [-0.25, -0.2) is 4.39 Å². The molecule has 2 amide bonds. The Bertz CT molecular complexity index is 1130. The molecule has 1 atom stereocenters. The summed E-state index contributed by atoms with van der Waals surface area (Å²) in [4.78, 5) is 30.1. The van der Waals surface area contributed by atoms with Crippen LogP contribution in [0.15, 0.2) is 72.8 Å². The number of fused-ring (bicyclic) bond motifs is 3. The van der Waals surface area contributed by atoms with E-state index in [0.29, 0.717) is 29.2 Å². The smallest absolute Gasteiger partial charge is 0.256 e. The first-order valence-corrected chi connectivity index (χ1v) is 9.66. The van der Waals surface area contributed by atoms with Gasteiger partial charge in [0.05, 0.1) is 0 Å². The van der Waals surface area contributed by atoms with Crippen LogP contribution in [0.2, 0.25) is 5.02 Å². The van der Waals surface area contributed by atoms with E-state index < -0.39 is 11.5 Å². The molecule has 3 aromatic carbocycles. The van der Waals surface area contributed by atoms with E-state index in [1.807, 2.05) is 30.3 Å². The summed E-state index contributed by atoms with van der Waals surface area (Å²) in [6.07, 6.45) is 0. The average molecular weight is 407 g/mol. The van der Waals surface area contributed by atoms with Crippen molar-refractivity contribution < 1.29 is 14.0 Å². The second kappa shape index (κ2) is 6.42. The van der Waals surface area contributed by atoms with Gasteiger partial charge in [0.15, 0.2) is 5.66 Å². The fourth-order valence-corrected chi connectivity index (χ4v) is 4.60. The largest absolute Gasteiger partial charge is 0.306 e. The summed E-state index contributed by atoms with van der Waals surface area (Å²) < 4.78 is 13.4. The number of benzene rings is 3. The predicted molar refractivity (Wildman–Crippen MR) is 107 cm³/mol. The average Bonchev–Trinajstić information content (AvgIpc) is 3.25. The van der Waals surface area contributed by atoms with Crippen LogP contribution >= 0.6 is 11.6 Å². The maximum atomic E-state index is 13.5. The Hall–Kier alpha value is -3.18. The number of carbonyl (C=O) groups is 2. The SMILES string of the molecule is O=C(c1ccc(F)cc1)N1CCN2C(=O)c3ccccc3[C@]12c1ccc(Cl)cc1. The molecule has 4 nitrogen and oxygen atoms in total. The fourth-order valence-electron chi connectivity index (χ4n) is 4.47. The highest BCUT2D eigenvalue weighted by Crippen LogP contribution is 2.50. The lowest BCUT2D eigenvalue weighted by Crippen LogP contribution is -2.51. The van der Waals surface area contributed by atoms with Crippen molar-refractivity contribution in [2.75, 3.05) is 13.1 Å². The van der Waals surface area contributed by atoms with Crippen LogP contribution in [-0.2, 0) is 5.66 Å². The van der Waals surface area contributed by atoms with Crippen LogP contribution in [0.5, 0.6) is 0 Å². The molecule has 29 heavy (non-hydrogen) atoms. The molecular formula is C23H16ClFN2O2. The number of hydrogen-bond acceptors (Lipinski definition) is 2. The molecule has 0 N–H and O–H groups in total. The second-order valence-corrected chi connectivity index (χ2v) is 7.58. The first-order valence-electron chi connectivity index (χ1n) is 9.28. The van der Waals surface area contributed by atoms with Gasteiger partial charge in [0.2, 0.25) is 0 Å². The summed E-state index contributed by atoms with van der Waals surface area (Å²) >= 11 is 6.10. The lowest BCUT2D eigenvalue weighted by Gasteiger charge is -2.40. The standard InChI is InChI=1S/C23H16ClFN2O2/c24-17-9-7-16(8-10-17)23-20-4-2-1-3-19(20)22(29)27(23)14-13-26(23)21(28)15-5-11-18(25)12-6-15/h1-12H,13-14H2/t23-/m1/s1. The van der Waals surface area contributed by atoms with Gasteiger partial charge in [-0.2, -0.15) is 0 Å². The van der Waals surface area contributed by atoms with Crippen LogP contribution in [0, 0.1) is 5.82 Å². The first-order chi connectivity index (χ1) is 14.0. The number of halogens is 2. The zero-order valence-corrected chi connectivity index (χ0v) is 16.1. The van der Waals surface area contributed by atoms with Gasteiger partial charge in [0.25, 0.3) is 11.8 Å². The molecule has 0 unspecified atom stereocenters. The van der Waals surface area contributed by atoms with Crippen LogP contribution < -0.4 is 0 Å². The molecule has 1 saturated heterocycles. The number of amides is 2. The van der Waals surface area contributed by atoms with E-state index in [1.54, 1.807) is 28.0 Å². The number of nitrogens with zero attached hydrogens (tertiary/aromatic N) is 2. The molecule has 0 saturated carbocycles. The molecular weight excluding hydrogens is 391 g/mol. The topological polar surface area (TPSA) is 40.6 Å². The van der Waals surface area contributed by atoms with Gasteiger partial charge in [0, 0.05) is 40.4 Å². The van der Waals surface area contributed by atoms with Crippen LogP contribution in [0.4, 0.5) is 4.39 Å². The summed E-state index contributed by atoms with van der Waals surface area (Å²) in [5.74, 6) is -0.768. The Labute approximate surface area is 172 Å². The van der Waals surface area contributed by atoms with Crippen molar-refractivity contribution in [3.05, 3.63) is 106 Å². The lowest BCUT2D eigenvalue weighted by molar-refractivity contribution is 0.0375. The highest BCUT2D eigenvalue weighted by molar-refractivity contribution is 6.30. The molecule has 1 fully saturated rings. The Kier molecular flexibility index (Phi) is 3.96. The third-order valence-electron chi connectivity index (χ3n) is 5.69. The summed E-state index contributed by atoms with van der Waals surface area (Å²) in [6.45, 7) is 0.780. The molecule has 6 heteroatoms. The van der Waals surface area contributed by atoms with Crippen molar-refractivity contribution in [1.82, 2.24) is 9.80 Å². The van der Waals surface area contributed by atoms with E-state index in [9.17, 15) is 14.0 Å². The molecule has 0 spiro atoms. The summed E-state index contributed by atoms with van der Waals surface area (Å²) in [6, 6.07) is 20.0. The number of carbonyl (C=O) groups excluding carboxylic acids is 2. The molecule has 0 bridgehead atoms. The molecule has 0 aromatic heterocycles. The maximum absolute atomic E-state index is 13.5. The summed E-state index contributed by atoms with van der Waals surface area (Å²) in [7, 11) is 0. The van der Waals surface area contributed by atoms with E-state index in [1.165, 1.54) is 24.3 Å². The van der Waals surface area contributed by atoms with E-state index in [-0.39, 0.29) is 11.8 Å². The van der Waals surface area contributed by atoms with E-state index in [4.69, 9.17) is 11.6 Å². The molecule has 0 aliphatic carbocycles. The molecule has 2 heterocycles. The van der Waals surface area contributed by atoms with Gasteiger partial charge in [-0.15, -0.1) is 0 Å². The highest BCUT2D eigenvalue weighted by Gasteiger charge is 2.59. The van der Waals surface area contributed by atoms with E-state index in [2.05, 4.69) is 0 Å². The van der Waals surface area contributed by atoms with Crippen molar-refractivity contribution in [3.63, 3.8) is 0 Å². The van der Waals surface area contributed by atoms with E-state index in [0.717, 1.165) is 11.1 Å². The third-order valence-corrected chi connectivity index (χ3v) is 5.94. The predicted octanol–water partition coefficient (Wildman–Crippen LogP) is 4.29. The molecule has 2 aliphatic heterocycles. The molecule has 5 rings (SSSR count). The summed E-state index contributed by atoms with van der Waals surface area (Å²) in [5, 5.41) is 0.573. The van der Waals surface area contributed by atoms with E-state index >= 15 is 0 Å². The minimum absolute atomic E-state index is 0.107. The molecule has 144 valence electrons. The van der Waals surface area contributed by atoms with Crippen LogP contribution in [0.25, 0.3) is 0 Å². The molecule has 0 radical (unpaired) electrons. The van der Waals surface area contributed by atoms with Gasteiger partial charge in [-0.1, -0.05) is 41.9 Å². The van der Waals surface area contributed by atoms with Gasteiger partial charge >= 0.3 is 0 Å². The monoisotopic (exact) mass is 406 g/mol. The van der Waals surface area contributed by atoms with Crippen molar-refractivity contribution in [3.8, 4) is 0 Å². The fraction of sp³-hybridized carbons (Fsp3) is 0.130. The second-order valence-electron chi connectivity index (χ2n) is 7.15. The van der Waals surface area contributed by atoms with Crippen molar-refractivity contribution in [1.29, 1.82) is 0 Å². The third kappa shape index (κ3) is 2.44. The minimum atomic E-state index is -1.05. The Morgan fingerprint density at radius 1 is 0.931 bits per heavy atom. The molecule has 2 aliphatic rings. The summed E-state index contributed by atoms with van der Waals surface area (Å²) in [5.41, 5.74) is 1.45. The van der Waals surface area contributed by atoms with Crippen molar-refractivity contribution >= 4 is 23.4 Å². The van der Waals surface area contributed by atoms with Crippen LogP contribution in [0.1, 0.15) is 31.8 Å². The Balaban J connectivity index is 1.74. The number of rotatable bonds is 2. The Morgan fingerprint density at radius 3 is 2.34 bits per heavy atom. The first kappa shape index (κ1) is 17.9. The van der Waals surface area contributed by atoms with Crippen LogP contribution in [-0.4, -0.2) is 34.7 Å². The molecule has 3 aromatic rings.